The molecule has 0 spiro atoms. The number of nitrogens with zero attached hydrogens (tertiary/aromatic N) is 3. The van der Waals surface area contributed by atoms with Crippen LogP contribution in [-0.2, 0) is 16.8 Å². The van der Waals surface area contributed by atoms with Crippen LogP contribution in [0.25, 0.3) is 0 Å². The van der Waals surface area contributed by atoms with Gasteiger partial charge in [-0.15, -0.1) is 11.3 Å². The maximum Gasteiger partial charge on any atom is 0.232 e. The van der Waals surface area contributed by atoms with Crippen molar-refractivity contribution in [1.82, 2.24) is 20.3 Å². The van der Waals surface area contributed by atoms with Crippen molar-refractivity contribution in [3.63, 3.8) is 0 Å². The summed E-state index contributed by atoms with van der Waals surface area (Å²) in [5.74, 6) is 0.103. The predicted molar refractivity (Wildman–Crippen MR) is 92.6 cm³/mol. The number of hydrogen-bond donors (Lipinski definition) is 1. The van der Waals surface area contributed by atoms with Crippen LogP contribution in [-0.4, -0.2) is 20.9 Å². The SMILES string of the molecule is O=C(NC(Cn1nccn1)c1ccccc1)C1(c2cccs2)CC1. The van der Waals surface area contributed by atoms with E-state index in [1.54, 1.807) is 28.5 Å². The highest BCUT2D eigenvalue weighted by Gasteiger charge is 2.52. The molecular formula is C18H18N4OS. The Balaban J connectivity index is 1.57. The molecule has 1 N–H and O–H groups in total. The number of aromatic nitrogens is 3. The highest BCUT2D eigenvalue weighted by molar-refractivity contribution is 7.10. The highest BCUT2D eigenvalue weighted by Crippen LogP contribution is 2.50. The van der Waals surface area contributed by atoms with Crippen LogP contribution in [0.15, 0.2) is 60.2 Å². The minimum atomic E-state index is -0.335. The molecule has 1 aliphatic carbocycles. The van der Waals surface area contributed by atoms with Gasteiger partial charge < -0.3 is 5.32 Å². The highest BCUT2D eigenvalue weighted by atomic mass is 32.1. The first-order valence-electron chi connectivity index (χ1n) is 8.02. The van der Waals surface area contributed by atoms with E-state index in [-0.39, 0.29) is 17.4 Å². The molecule has 3 aromatic rings. The van der Waals surface area contributed by atoms with Crippen LogP contribution in [0.5, 0.6) is 0 Å². The zero-order valence-electron chi connectivity index (χ0n) is 13.1. The molecule has 4 rings (SSSR count). The van der Waals surface area contributed by atoms with Crippen molar-refractivity contribution in [2.75, 3.05) is 0 Å². The Morgan fingerprint density at radius 1 is 1.17 bits per heavy atom. The average molecular weight is 338 g/mol. The molecular weight excluding hydrogens is 320 g/mol. The van der Waals surface area contributed by atoms with Crippen molar-refractivity contribution >= 4 is 17.2 Å². The van der Waals surface area contributed by atoms with Gasteiger partial charge in [0.15, 0.2) is 0 Å². The Hall–Kier alpha value is -2.47. The van der Waals surface area contributed by atoms with Gasteiger partial charge in [0.05, 0.1) is 30.4 Å². The smallest absolute Gasteiger partial charge is 0.232 e. The average Bonchev–Trinajstić information content (AvgIpc) is 3.03. The normalized spacial score (nSPS) is 16.5. The Kier molecular flexibility index (Phi) is 3.90. The van der Waals surface area contributed by atoms with Crippen molar-refractivity contribution < 1.29 is 4.79 Å². The molecule has 1 amide bonds. The van der Waals surface area contributed by atoms with Gasteiger partial charge in [0, 0.05) is 4.88 Å². The van der Waals surface area contributed by atoms with E-state index < -0.39 is 0 Å². The Labute approximate surface area is 144 Å². The molecule has 0 saturated heterocycles. The fourth-order valence-electron chi connectivity index (χ4n) is 2.98. The number of carbonyl (C=O) groups is 1. The summed E-state index contributed by atoms with van der Waals surface area (Å²) >= 11 is 1.66. The number of nitrogens with one attached hydrogen (secondary N) is 1. The lowest BCUT2D eigenvalue weighted by atomic mass is 10.0. The van der Waals surface area contributed by atoms with E-state index in [1.165, 1.54) is 0 Å². The van der Waals surface area contributed by atoms with E-state index in [4.69, 9.17) is 0 Å². The molecule has 1 aromatic carbocycles. The van der Waals surface area contributed by atoms with Gasteiger partial charge in [-0.3, -0.25) is 4.79 Å². The monoisotopic (exact) mass is 338 g/mol. The van der Waals surface area contributed by atoms with E-state index in [1.807, 2.05) is 41.8 Å². The number of carbonyl (C=O) groups excluding carboxylic acids is 1. The standard InChI is InChI=1S/C18H18N4OS/c23-17(18(8-9-18)16-7-4-12-24-16)21-15(13-22-19-10-11-20-22)14-5-2-1-3-6-14/h1-7,10-12,15H,8-9,13H2,(H,21,23). The van der Waals surface area contributed by atoms with Crippen LogP contribution in [0, 0.1) is 0 Å². The lowest BCUT2D eigenvalue weighted by molar-refractivity contribution is -0.124. The van der Waals surface area contributed by atoms with Crippen LogP contribution in [0.4, 0.5) is 0 Å². The molecule has 1 fully saturated rings. The molecule has 1 atom stereocenters. The summed E-state index contributed by atoms with van der Waals surface area (Å²) in [6.45, 7) is 0.517. The molecule has 2 aromatic heterocycles. The van der Waals surface area contributed by atoms with Crippen LogP contribution >= 0.6 is 11.3 Å². The minimum Gasteiger partial charge on any atom is -0.347 e. The predicted octanol–water partition coefficient (Wildman–Crippen LogP) is 2.93. The molecule has 122 valence electrons. The van der Waals surface area contributed by atoms with Gasteiger partial charge in [-0.25, -0.2) is 0 Å². The quantitative estimate of drug-likeness (QED) is 0.752. The first kappa shape index (κ1) is 15.1. The topological polar surface area (TPSA) is 59.8 Å². The molecule has 24 heavy (non-hydrogen) atoms. The third kappa shape index (κ3) is 2.85. The number of amides is 1. The number of thiophene rings is 1. The van der Waals surface area contributed by atoms with E-state index in [2.05, 4.69) is 21.6 Å². The largest absolute Gasteiger partial charge is 0.347 e. The zero-order chi connectivity index (χ0) is 16.4. The zero-order valence-corrected chi connectivity index (χ0v) is 13.9. The molecule has 6 heteroatoms. The van der Waals surface area contributed by atoms with E-state index in [9.17, 15) is 4.79 Å². The fraction of sp³-hybridized carbons (Fsp3) is 0.278. The lowest BCUT2D eigenvalue weighted by Crippen LogP contribution is -2.38. The van der Waals surface area contributed by atoms with Crippen molar-refractivity contribution in [1.29, 1.82) is 0 Å². The van der Waals surface area contributed by atoms with Crippen LogP contribution in [0.2, 0.25) is 0 Å². The summed E-state index contributed by atoms with van der Waals surface area (Å²) < 4.78 is 0. The van der Waals surface area contributed by atoms with Crippen molar-refractivity contribution in [2.24, 2.45) is 0 Å². The third-order valence-electron chi connectivity index (χ3n) is 4.50. The van der Waals surface area contributed by atoms with E-state index in [0.717, 1.165) is 23.3 Å². The van der Waals surface area contributed by atoms with E-state index in [0.29, 0.717) is 6.54 Å². The van der Waals surface area contributed by atoms with Gasteiger partial charge in [0.25, 0.3) is 0 Å². The van der Waals surface area contributed by atoms with E-state index >= 15 is 0 Å². The first-order valence-corrected chi connectivity index (χ1v) is 8.90. The van der Waals surface area contributed by atoms with Gasteiger partial charge in [-0.2, -0.15) is 15.0 Å². The summed E-state index contributed by atoms with van der Waals surface area (Å²) in [6, 6.07) is 13.9. The Morgan fingerprint density at radius 2 is 1.92 bits per heavy atom. The summed E-state index contributed by atoms with van der Waals surface area (Å²) in [6.07, 6.45) is 5.14. The lowest BCUT2D eigenvalue weighted by Gasteiger charge is -2.22. The van der Waals surface area contributed by atoms with Crippen LogP contribution < -0.4 is 5.32 Å². The molecule has 1 saturated carbocycles. The maximum absolute atomic E-state index is 13.0. The van der Waals surface area contributed by atoms with Gasteiger partial charge >= 0.3 is 0 Å². The van der Waals surface area contributed by atoms with Gasteiger partial charge in [-0.1, -0.05) is 36.4 Å². The second-order valence-electron chi connectivity index (χ2n) is 6.08. The summed E-state index contributed by atoms with van der Waals surface area (Å²) in [5.41, 5.74) is 0.726. The molecule has 0 radical (unpaired) electrons. The Bertz CT molecular complexity index is 795. The van der Waals surface area contributed by atoms with Crippen molar-refractivity contribution in [2.45, 2.75) is 30.8 Å². The molecule has 0 bridgehead atoms. The Morgan fingerprint density at radius 3 is 2.54 bits per heavy atom. The number of rotatable bonds is 6. The molecule has 5 nitrogen and oxygen atoms in total. The summed E-state index contributed by atoms with van der Waals surface area (Å²) in [7, 11) is 0. The molecule has 0 aliphatic heterocycles. The second kappa shape index (κ2) is 6.20. The molecule has 2 heterocycles. The maximum atomic E-state index is 13.0. The van der Waals surface area contributed by atoms with Crippen molar-refractivity contribution in [3.05, 3.63) is 70.7 Å². The van der Waals surface area contributed by atoms with Crippen molar-refractivity contribution in [3.8, 4) is 0 Å². The van der Waals surface area contributed by atoms with Gasteiger partial charge in [0.1, 0.15) is 0 Å². The second-order valence-corrected chi connectivity index (χ2v) is 7.03. The van der Waals surface area contributed by atoms with Crippen LogP contribution in [0.1, 0.15) is 29.3 Å². The molecule has 1 aliphatic rings. The van der Waals surface area contributed by atoms with Crippen LogP contribution in [0.3, 0.4) is 0 Å². The first-order chi connectivity index (χ1) is 11.8. The van der Waals surface area contributed by atoms with Gasteiger partial charge in [0.2, 0.25) is 5.91 Å². The minimum absolute atomic E-state index is 0.103. The fourth-order valence-corrected chi connectivity index (χ4v) is 3.96. The number of hydrogen-bond acceptors (Lipinski definition) is 4. The molecule has 1 unspecified atom stereocenters. The summed E-state index contributed by atoms with van der Waals surface area (Å²) in [4.78, 5) is 15.8. The number of benzene rings is 1. The van der Waals surface area contributed by atoms with Gasteiger partial charge in [-0.05, 0) is 29.9 Å². The summed E-state index contributed by atoms with van der Waals surface area (Å²) in [5, 5.41) is 13.6. The third-order valence-corrected chi connectivity index (χ3v) is 5.57.